The summed E-state index contributed by atoms with van der Waals surface area (Å²) in [6.07, 6.45) is -0.862. The van der Waals surface area contributed by atoms with Gasteiger partial charge in [-0.15, -0.1) is 0 Å². The zero-order valence-corrected chi connectivity index (χ0v) is 12.7. The highest BCUT2D eigenvalue weighted by molar-refractivity contribution is 6.42. The van der Waals surface area contributed by atoms with Gasteiger partial charge in [0.1, 0.15) is 5.70 Å². The Morgan fingerprint density at radius 3 is 2.45 bits per heavy atom. The number of hydrogen-bond acceptors (Lipinski definition) is 4. The number of cyclic esters (lactones) is 1. The number of nitrogens with one attached hydrogen (secondary N) is 1. The van der Waals surface area contributed by atoms with E-state index in [4.69, 9.17) is 21.1 Å². The number of hydrogen-bond donors (Lipinski definition) is 1. The number of para-hydroxylation sites is 1. The van der Waals surface area contributed by atoms with E-state index in [2.05, 4.69) is 5.32 Å². The Morgan fingerprint density at radius 1 is 1.30 bits per heavy atom. The van der Waals surface area contributed by atoms with Gasteiger partial charge in [-0.1, -0.05) is 29.8 Å². The molecule has 0 amide bonds. The molecule has 0 bridgehead atoms. The summed E-state index contributed by atoms with van der Waals surface area (Å²) in [4.78, 5) is 11.6. The van der Waals surface area contributed by atoms with Crippen LogP contribution in [0.15, 0.2) is 28.9 Å². The van der Waals surface area contributed by atoms with Crippen molar-refractivity contribution in [3.8, 4) is 0 Å². The molecule has 0 fully saturated rings. The van der Waals surface area contributed by atoms with Crippen LogP contribution >= 0.6 is 11.6 Å². The number of benzene rings is 1. The number of carbonyl (C=O) groups excluding carboxylic acids is 1. The number of halogens is 1. The van der Waals surface area contributed by atoms with Gasteiger partial charge in [-0.2, -0.15) is 0 Å². The first kappa shape index (κ1) is 14.9. The number of aryl methyl sites for hydroxylation is 2. The lowest BCUT2D eigenvalue weighted by molar-refractivity contribution is -0.165. The van der Waals surface area contributed by atoms with Crippen LogP contribution in [0.1, 0.15) is 25.0 Å². The van der Waals surface area contributed by atoms with Gasteiger partial charge in [0.2, 0.25) is 6.29 Å². The lowest BCUT2D eigenvalue weighted by atomic mass is 10.1. The highest BCUT2D eigenvalue weighted by Crippen LogP contribution is 2.31. The SMILES string of the molecule is Cc1cccc(C)c1NC1=C(Cl)C(=O)O[C@H]1OC(C)C. The van der Waals surface area contributed by atoms with Crippen molar-refractivity contribution < 1.29 is 14.3 Å². The van der Waals surface area contributed by atoms with Crippen LogP contribution in [0.5, 0.6) is 0 Å². The molecule has 2 rings (SSSR count). The number of anilines is 1. The van der Waals surface area contributed by atoms with Crippen molar-refractivity contribution in [3.63, 3.8) is 0 Å². The van der Waals surface area contributed by atoms with E-state index in [-0.39, 0.29) is 11.1 Å². The van der Waals surface area contributed by atoms with Gasteiger partial charge >= 0.3 is 5.97 Å². The third-order valence-corrected chi connectivity index (χ3v) is 3.36. The molecule has 5 heteroatoms. The number of ether oxygens (including phenoxy) is 2. The molecular formula is C15H18ClNO3. The second-order valence-corrected chi connectivity index (χ2v) is 5.42. The molecule has 0 unspecified atom stereocenters. The van der Waals surface area contributed by atoms with Crippen molar-refractivity contribution >= 4 is 23.3 Å². The van der Waals surface area contributed by atoms with E-state index in [0.29, 0.717) is 5.70 Å². The molecule has 0 aliphatic carbocycles. The van der Waals surface area contributed by atoms with E-state index in [1.807, 2.05) is 45.9 Å². The summed E-state index contributed by atoms with van der Waals surface area (Å²) in [5.74, 6) is -0.564. The van der Waals surface area contributed by atoms with Gasteiger partial charge in [0.25, 0.3) is 0 Å². The molecule has 1 N–H and O–H groups in total. The molecule has 0 aromatic heterocycles. The second-order valence-electron chi connectivity index (χ2n) is 5.04. The minimum absolute atomic E-state index is 0.0401. The third-order valence-electron chi connectivity index (χ3n) is 3.00. The Hall–Kier alpha value is -1.52. The Balaban J connectivity index is 2.31. The average molecular weight is 296 g/mol. The van der Waals surface area contributed by atoms with E-state index in [0.717, 1.165) is 16.8 Å². The van der Waals surface area contributed by atoms with Crippen LogP contribution in [0.2, 0.25) is 0 Å². The summed E-state index contributed by atoms with van der Waals surface area (Å²) in [5, 5.41) is 3.23. The summed E-state index contributed by atoms with van der Waals surface area (Å²) in [7, 11) is 0. The van der Waals surface area contributed by atoms with E-state index >= 15 is 0 Å². The van der Waals surface area contributed by atoms with Crippen molar-refractivity contribution in [1.82, 2.24) is 0 Å². The van der Waals surface area contributed by atoms with Gasteiger partial charge in [-0.05, 0) is 38.8 Å². The fraction of sp³-hybridized carbons (Fsp3) is 0.400. The van der Waals surface area contributed by atoms with Crippen molar-refractivity contribution in [2.75, 3.05) is 5.32 Å². The minimum Gasteiger partial charge on any atom is -0.425 e. The van der Waals surface area contributed by atoms with Gasteiger partial charge < -0.3 is 14.8 Å². The van der Waals surface area contributed by atoms with Gasteiger partial charge in [0.05, 0.1) is 6.10 Å². The largest absolute Gasteiger partial charge is 0.425 e. The monoisotopic (exact) mass is 295 g/mol. The standard InChI is InChI=1S/C15H18ClNO3/c1-8(2)19-15-13(11(16)14(18)20-15)17-12-9(3)6-5-7-10(12)4/h5-8,15,17H,1-4H3/t15-/m1/s1. The summed E-state index contributed by atoms with van der Waals surface area (Å²) >= 11 is 6.02. The van der Waals surface area contributed by atoms with Crippen LogP contribution in [0.4, 0.5) is 5.69 Å². The van der Waals surface area contributed by atoms with Crippen LogP contribution in [-0.2, 0) is 14.3 Å². The molecule has 20 heavy (non-hydrogen) atoms. The summed E-state index contributed by atoms with van der Waals surface area (Å²) in [5.41, 5.74) is 3.49. The maximum Gasteiger partial charge on any atom is 0.354 e. The normalized spacial score (nSPS) is 18.7. The molecule has 1 heterocycles. The summed E-state index contributed by atoms with van der Waals surface area (Å²) < 4.78 is 10.7. The summed E-state index contributed by atoms with van der Waals surface area (Å²) in [6, 6.07) is 5.95. The van der Waals surface area contributed by atoms with Gasteiger partial charge in [0, 0.05) is 5.69 Å². The molecule has 1 aliphatic heterocycles. The molecule has 1 atom stereocenters. The first-order valence-electron chi connectivity index (χ1n) is 6.49. The third kappa shape index (κ3) is 2.97. The highest BCUT2D eigenvalue weighted by Gasteiger charge is 2.35. The van der Waals surface area contributed by atoms with Crippen LogP contribution < -0.4 is 5.32 Å². The van der Waals surface area contributed by atoms with Gasteiger partial charge in [0.15, 0.2) is 5.03 Å². The molecule has 1 aromatic rings. The Morgan fingerprint density at radius 2 is 1.90 bits per heavy atom. The molecule has 0 saturated heterocycles. The molecule has 1 aliphatic rings. The lowest BCUT2D eigenvalue weighted by Gasteiger charge is -2.20. The maximum absolute atomic E-state index is 11.6. The fourth-order valence-electron chi connectivity index (χ4n) is 2.02. The van der Waals surface area contributed by atoms with Crippen LogP contribution in [0.25, 0.3) is 0 Å². The first-order valence-corrected chi connectivity index (χ1v) is 6.87. The molecule has 108 valence electrons. The zero-order chi connectivity index (χ0) is 14.9. The fourth-order valence-corrected chi connectivity index (χ4v) is 2.21. The zero-order valence-electron chi connectivity index (χ0n) is 12.0. The highest BCUT2D eigenvalue weighted by atomic mass is 35.5. The number of esters is 1. The molecule has 4 nitrogen and oxygen atoms in total. The van der Waals surface area contributed by atoms with Crippen molar-refractivity contribution in [2.45, 2.75) is 40.1 Å². The molecule has 1 aromatic carbocycles. The van der Waals surface area contributed by atoms with Gasteiger partial charge in [-0.3, -0.25) is 0 Å². The Kier molecular flexibility index (Phi) is 4.35. The predicted molar refractivity (Wildman–Crippen MR) is 78.5 cm³/mol. The van der Waals surface area contributed by atoms with Crippen LogP contribution in [0.3, 0.4) is 0 Å². The van der Waals surface area contributed by atoms with E-state index in [1.54, 1.807) is 0 Å². The smallest absolute Gasteiger partial charge is 0.354 e. The second kappa shape index (κ2) is 5.85. The molecule has 0 radical (unpaired) electrons. The minimum atomic E-state index is -0.783. The topological polar surface area (TPSA) is 47.6 Å². The van der Waals surface area contributed by atoms with Gasteiger partial charge in [-0.25, -0.2) is 4.79 Å². The average Bonchev–Trinajstić information content (AvgIpc) is 2.60. The predicted octanol–water partition coefficient (Wildman–Crippen LogP) is 3.47. The molecular weight excluding hydrogens is 278 g/mol. The van der Waals surface area contributed by atoms with Crippen LogP contribution in [0, 0.1) is 13.8 Å². The molecule has 0 spiro atoms. The quantitative estimate of drug-likeness (QED) is 0.864. The van der Waals surface area contributed by atoms with Crippen molar-refractivity contribution in [3.05, 3.63) is 40.1 Å². The molecule has 0 saturated carbocycles. The van der Waals surface area contributed by atoms with E-state index in [9.17, 15) is 4.79 Å². The Bertz CT molecular complexity index is 546. The first-order chi connectivity index (χ1) is 9.40. The van der Waals surface area contributed by atoms with E-state index in [1.165, 1.54) is 0 Å². The summed E-state index contributed by atoms with van der Waals surface area (Å²) in [6.45, 7) is 7.72. The van der Waals surface area contributed by atoms with Crippen molar-refractivity contribution in [2.24, 2.45) is 0 Å². The lowest BCUT2D eigenvalue weighted by Crippen LogP contribution is -2.24. The van der Waals surface area contributed by atoms with Crippen molar-refractivity contribution in [1.29, 1.82) is 0 Å². The Labute approximate surface area is 123 Å². The number of rotatable bonds is 4. The number of carbonyl (C=O) groups is 1. The van der Waals surface area contributed by atoms with Crippen LogP contribution in [-0.4, -0.2) is 18.4 Å². The van der Waals surface area contributed by atoms with E-state index < -0.39 is 12.3 Å². The maximum atomic E-state index is 11.6.